The van der Waals surface area contributed by atoms with E-state index in [9.17, 15) is 4.79 Å². The van der Waals surface area contributed by atoms with Gasteiger partial charge in [-0.1, -0.05) is 23.2 Å². The predicted molar refractivity (Wildman–Crippen MR) is 78.9 cm³/mol. The van der Waals surface area contributed by atoms with Gasteiger partial charge < -0.3 is 15.5 Å². The molecule has 1 fully saturated rings. The average Bonchev–Trinajstić information content (AvgIpc) is 2.59. The van der Waals surface area contributed by atoms with Gasteiger partial charge in [0.25, 0.3) is 5.91 Å². The Labute approximate surface area is 123 Å². The summed E-state index contributed by atoms with van der Waals surface area (Å²) in [7, 11) is 2.06. The van der Waals surface area contributed by atoms with E-state index in [-0.39, 0.29) is 5.91 Å². The van der Waals surface area contributed by atoms with Crippen molar-refractivity contribution in [2.45, 2.75) is 6.42 Å². The maximum atomic E-state index is 12.4. The summed E-state index contributed by atoms with van der Waals surface area (Å²) >= 11 is 11.9. The number of amides is 1. The third-order valence-corrected chi connectivity index (χ3v) is 4.13. The topological polar surface area (TPSA) is 49.6 Å². The Morgan fingerprint density at radius 1 is 1.21 bits per heavy atom. The van der Waals surface area contributed by atoms with Gasteiger partial charge >= 0.3 is 0 Å². The number of benzene rings is 1. The van der Waals surface area contributed by atoms with Crippen LogP contribution in [-0.2, 0) is 0 Å². The van der Waals surface area contributed by atoms with Crippen LogP contribution in [0.5, 0.6) is 0 Å². The first kappa shape index (κ1) is 14.4. The molecule has 0 aliphatic carbocycles. The molecule has 4 nitrogen and oxygen atoms in total. The van der Waals surface area contributed by atoms with Crippen molar-refractivity contribution in [2.75, 3.05) is 39.0 Å². The monoisotopic (exact) mass is 301 g/mol. The first-order valence-electron chi connectivity index (χ1n) is 6.21. The Bertz CT molecular complexity index is 470. The number of anilines is 1. The van der Waals surface area contributed by atoms with Crippen molar-refractivity contribution < 1.29 is 4.79 Å². The largest absolute Gasteiger partial charge is 0.397 e. The Kier molecular flexibility index (Phi) is 4.55. The number of carbonyl (C=O) groups excluding carboxylic acids is 1. The van der Waals surface area contributed by atoms with Crippen LogP contribution in [0.3, 0.4) is 0 Å². The lowest BCUT2D eigenvalue weighted by molar-refractivity contribution is 0.0763. The number of nitrogens with zero attached hydrogens (tertiary/aromatic N) is 2. The second-order valence-corrected chi connectivity index (χ2v) is 5.60. The number of likely N-dealkylation sites (N-methyl/N-ethyl adjacent to an activating group) is 1. The van der Waals surface area contributed by atoms with Crippen LogP contribution in [0.4, 0.5) is 5.69 Å². The minimum atomic E-state index is -0.0411. The van der Waals surface area contributed by atoms with Gasteiger partial charge in [-0.15, -0.1) is 0 Å². The number of carbonyl (C=O) groups is 1. The van der Waals surface area contributed by atoms with Crippen LogP contribution in [0.1, 0.15) is 16.8 Å². The highest BCUT2D eigenvalue weighted by Gasteiger charge is 2.20. The average molecular weight is 302 g/mol. The van der Waals surface area contributed by atoms with E-state index in [0.717, 1.165) is 32.6 Å². The minimum absolute atomic E-state index is 0.0411. The van der Waals surface area contributed by atoms with Gasteiger partial charge in [0.05, 0.1) is 15.7 Å². The molecule has 104 valence electrons. The van der Waals surface area contributed by atoms with Gasteiger partial charge in [-0.3, -0.25) is 4.79 Å². The molecule has 1 amide bonds. The van der Waals surface area contributed by atoms with Crippen LogP contribution in [0, 0.1) is 0 Å². The van der Waals surface area contributed by atoms with Gasteiger partial charge in [0.1, 0.15) is 0 Å². The molecule has 0 spiro atoms. The number of hydrogen-bond acceptors (Lipinski definition) is 3. The van der Waals surface area contributed by atoms with Crippen LogP contribution in [0.25, 0.3) is 0 Å². The first-order chi connectivity index (χ1) is 8.99. The van der Waals surface area contributed by atoms with E-state index in [0.29, 0.717) is 21.3 Å². The fourth-order valence-corrected chi connectivity index (χ4v) is 2.50. The molecule has 0 bridgehead atoms. The molecule has 1 aliphatic heterocycles. The third kappa shape index (κ3) is 3.32. The van der Waals surface area contributed by atoms with Gasteiger partial charge in [0.2, 0.25) is 0 Å². The van der Waals surface area contributed by atoms with Crippen LogP contribution in [0.2, 0.25) is 10.0 Å². The Morgan fingerprint density at radius 3 is 2.63 bits per heavy atom. The van der Waals surface area contributed by atoms with Crippen LogP contribution in [0.15, 0.2) is 12.1 Å². The molecule has 1 heterocycles. The molecule has 1 aromatic carbocycles. The number of hydrogen-bond donors (Lipinski definition) is 1. The Hall–Kier alpha value is -0.970. The van der Waals surface area contributed by atoms with Crippen molar-refractivity contribution in [2.24, 2.45) is 0 Å². The van der Waals surface area contributed by atoms with Gasteiger partial charge in [-0.2, -0.15) is 0 Å². The molecule has 0 atom stereocenters. The molecule has 6 heteroatoms. The second-order valence-electron chi connectivity index (χ2n) is 4.81. The van der Waals surface area contributed by atoms with E-state index in [1.54, 1.807) is 12.1 Å². The van der Waals surface area contributed by atoms with E-state index in [4.69, 9.17) is 28.9 Å². The van der Waals surface area contributed by atoms with Gasteiger partial charge in [0.15, 0.2) is 0 Å². The Morgan fingerprint density at radius 2 is 1.95 bits per heavy atom. The highest BCUT2D eigenvalue weighted by molar-refractivity contribution is 6.43. The minimum Gasteiger partial charge on any atom is -0.397 e. The first-order valence-corrected chi connectivity index (χ1v) is 6.97. The quantitative estimate of drug-likeness (QED) is 0.810. The highest BCUT2D eigenvalue weighted by atomic mass is 35.5. The van der Waals surface area contributed by atoms with Crippen molar-refractivity contribution in [1.29, 1.82) is 0 Å². The van der Waals surface area contributed by atoms with Crippen molar-refractivity contribution in [1.82, 2.24) is 9.80 Å². The molecule has 1 aliphatic rings. The SMILES string of the molecule is CN1CCCN(C(=O)c2cc(N)c(Cl)c(Cl)c2)CC1. The summed E-state index contributed by atoms with van der Waals surface area (Å²) in [4.78, 5) is 16.5. The molecular weight excluding hydrogens is 285 g/mol. The highest BCUT2D eigenvalue weighted by Crippen LogP contribution is 2.29. The number of halogens is 2. The van der Waals surface area contributed by atoms with Gasteiger partial charge in [0, 0.05) is 25.2 Å². The van der Waals surface area contributed by atoms with E-state index in [1.807, 2.05) is 4.90 Å². The summed E-state index contributed by atoms with van der Waals surface area (Å²) in [5.74, 6) is -0.0411. The lowest BCUT2D eigenvalue weighted by atomic mass is 10.1. The summed E-state index contributed by atoms with van der Waals surface area (Å²) in [6.07, 6.45) is 0.971. The van der Waals surface area contributed by atoms with E-state index in [2.05, 4.69) is 11.9 Å². The van der Waals surface area contributed by atoms with E-state index in [1.165, 1.54) is 0 Å². The van der Waals surface area contributed by atoms with Gasteiger partial charge in [-0.05, 0) is 32.1 Å². The van der Waals surface area contributed by atoms with Crippen molar-refractivity contribution >= 4 is 34.8 Å². The maximum absolute atomic E-state index is 12.4. The zero-order valence-corrected chi connectivity index (χ0v) is 12.3. The molecule has 0 saturated carbocycles. The van der Waals surface area contributed by atoms with Crippen molar-refractivity contribution in [3.8, 4) is 0 Å². The molecule has 1 saturated heterocycles. The number of rotatable bonds is 1. The molecule has 2 N–H and O–H groups in total. The van der Waals surface area contributed by atoms with E-state index >= 15 is 0 Å². The van der Waals surface area contributed by atoms with E-state index < -0.39 is 0 Å². The molecule has 0 radical (unpaired) electrons. The van der Waals surface area contributed by atoms with Crippen LogP contribution >= 0.6 is 23.2 Å². The molecule has 1 aromatic rings. The lowest BCUT2D eigenvalue weighted by Gasteiger charge is -2.21. The summed E-state index contributed by atoms with van der Waals surface area (Å²) < 4.78 is 0. The fourth-order valence-electron chi connectivity index (χ4n) is 2.17. The molecule has 0 aromatic heterocycles. The van der Waals surface area contributed by atoms with Crippen molar-refractivity contribution in [3.05, 3.63) is 27.7 Å². The summed E-state index contributed by atoms with van der Waals surface area (Å²) in [5.41, 5.74) is 6.58. The number of nitrogens with two attached hydrogens (primary N) is 1. The van der Waals surface area contributed by atoms with Crippen LogP contribution < -0.4 is 5.73 Å². The zero-order chi connectivity index (χ0) is 14.0. The zero-order valence-electron chi connectivity index (χ0n) is 10.8. The van der Waals surface area contributed by atoms with Gasteiger partial charge in [-0.25, -0.2) is 0 Å². The standard InChI is InChI=1S/C13H17Cl2N3O/c1-17-3-2-4-18(6-5-17)13(19)9-7-10(14)12(15)11(16)8-9/h7-8H,2-6,16H2,1H3. The molecular formula is C13H17Cl2N3O. The molecule has 0 unspecified atom stereocenters. The smallest absolute Gasteiger partial charge is 0.254 e. The lowest BCUT2D eigenvalue weighted by Crippen LogP contribution is -2.34. The summed E-state index contributed by atoms with van der Waals surface area (Å²) in [6.45, 7) is 3.36. The third-order valence-electron chi connectivity index (χ3n) is 3.31. The summed E-state index contributed by atoms with van der Waals surface area (Å²) in [5, 5.41) is 0.616. The molecule has 2 rings (SSSR count). The number of nitrogen functional groups attached to an aromatic ring is 1. The molecule has 19 heavy (non-hydrogen) atoms. The Balaban J connectivity index is 2.19. The summed E-state index contributed by atoms with van der Waals surface area (Å²) in [6, 6.07) is 3.17. The van der Waals surface area contributed by atoms with Crippen molar-refractivity contribution in [3.63, 3.8) is 0 Å². The normalized spacial score (nSPS) is 17.3. The second kappa shape index (κ2) is 5.99. The maximum Gasteiger partial charge on any atom is 0.254 e. The predicted octanol–water partition coefficient (Wildman–Crippen LogP) is 2.35. The van der Waals surface area contributed by atoms with Crippen LogP contribution in [-0.4, -0.2) is 48.9 Å². The fraction of sp³-hybridized carbons (Fsp3) is 0.462.